The molecule has 3 heteroatoms. The molecule has 1 aliphatic carbocycles. The number of hydrogen-bond donors (Lipinski definition) is 2. The van der Waals surface area contributed by atoms with E-state index in [1.54, 1.807) is 0 Å². The highest BCUT2D eigenvalue weighted by atomic mass is 16.2. The predicted molar refractivity (Wildman–Crippen MR) is 65.2 cm³/mol. The van der Waals surface area contributed by atoms with Crippen LogP contribution in [0.2, 0.25) is 0 Å². The maximum atomic E-state index is 11.9. The highest BCUT2D eigenvalue weighted by molar-refractivity contribution is 5.81. The monoisotopic (exact) mass is 224 g/mol. The van der Waals surface area contributed by atoms with Crippen molar-refractivity contribution in [3.05, 3.63) is 0 Å². The Hall–Kier alpha value is -0.570. The normalized spacial score (nSPS) is 34.9. The lowest BCUT2D eigenvalue weighted by Crippen LogP contribution is -2.47. The van der Waals surface area contributed by atoms with Gasteiger partial charge in [0.15, 0.2) is 0 Å². The van der Waals surface area contributed by atoms with Crippen molar-refractivity contribution in [2.45, 2.75) is 51.5 Å². The van der Waals surface area contributed by atoms with Crippen molar-refractivity contribution < 1.29 is 4.79 Å². The molecule has 0 radical (unpaired) electrons. The van der Waals surface area contributed by atoms with Gasteiger partial charge in [-0.05, 0) is 44.1 Å². The van der Waals surface area contributed by atoms with Crippen LogP contribution in [0.5, 0.6) is 0 Å². The number of amides is 1. The number of hydrogen-bond acceptors (Lipinski definition) is 2. The van der Waals surface area contributed by atoms with Crippen molar-refractivity contribution in [1.29, 1.82) is 0 Å². The first-order valence-electron chi connectivity index (χ1n) is 6.77. The summed E-state index contributed by atoms with van der Waals surface area (Å²) in [6.07, 6.45) is 7.32. The van der Waals surface area contributed by atoms with Crippen molar-refractivity contribution in [3.8, 4) is 0 Å². The summed E-state index contributed by atoms with van der Waals surface area (Å²) in [4.78, 5) is 11.9. The smallest absolute Gasteiger partial charge is 0.237 e. The molecule has 2 unspecified atom stereocenters. The van der Waals surface area contributed by atoms with Crippen molar-refractivity contribution in [1.82, 2.24) is 10.6 Å². The molecule has 2 rings (SSSR count). The summed E-state index contributed by atoms with van der Waals surface area (Å²) >= 11 is 0. The van der Waals surface area contributed by atoms with Crippen molar-refractivity contribution >= 4 is 5.91 Å². The predicted octanol–water partition coefficient (Wildman–Crippen LogP) is 1.68. The van der Waals surface area contributed by atoms with Gasteiger partial charge in [0.25, 0.3) is 0 Å². The van der Waals surface area contributed by atoms with Crippen LogP contribution in [-0.2, 0) is 4.79 Å². The molecule has 3 atom stereocenters. The van der Waals surface area contributed by atoms with E-state index in [1.807, 2.05) is 0 Å². The molecule has 2 N–H and O–H groups in total. The Balaban J connectivity index is 1.66. The van der Waals surface area contributed by atoms with E-state index < -0.39 is 0 Å². The number of piperidine rings is 1. The van der Waals surface area contributed by atoms with Crippen LogP contribution in [-0.4, -0.2) is 25.0 Å². The molecule has 1 saturated carbocycles. The van der Waals surface area contributed by atoms with E-state index in [2.05, 4.69) is 17.6 Å². The molecule has 92 valence electrons. The van der Waals surface area contributed by atoms with Gasteiger partial charge in [-0.3, -0.25) is 4.79 Å². The van der Waals surface area contributed by atoms with Crippen LogP contribution in [0.15, 0.2) is 0 Å². The van der Waals surface area contributed by atoms with Crippen LogP contribution in [0.3, 0.4) is 0 Å². The second kappa shape index (κ2) is 5.67. The van der Waals surface area contributed by atoms with E-state index in [9.17, 15) is 4.79 Å². The molecular formula is C13H24N2O. The third-order valence-corrected chi connectivity index (χ3v) is 4.00. The molecule has 0 bridgehead atoms. The van der Waals surface area contributed by atoms with Gasteiger partial charge >= 0.3 is 0 Å². The zero-order valence-corrected chi connectivity index (χ0v) is 10.3. The lowest BCUT2D eigenvalue weighted by Gasteiger charge is -2.23. The molecule has 2 aliphatic rings. The first-order chi connectivity index (χ1) is 7.75. The van der Waals surface area contributed by atoms with Crippen LogP contribution in [0, 0.1) is 11.8 Å². The number of rotatable bonds is 3. The summed E-state index contributed by atoms with van der Waals surface area (Å²) in [5.41, 5.74) is 0. The Bertz CT molecular complexity index is 236. The fraction of sp³-hybridized carbons (Fsp3) is 0.923. The molecule has 1 saturated heterocycles. The van der Waals surface area contributed by atoms with E-state index >= 15 is 0 Å². The molecule has 2 fully saturated rings. The van der Waals surface area contributed by atoms with Crippen molar-refractivity contribution in [2.75, 3.05) is 13.1 Å². The Morgan fingerprint density at radius 2 is 2.19 bits per heavy atom. The van der Waals surface area contributed by atoms with Crippen LogP contribution in [0.1, 0.15) is 45.4 Å². The molecule has 3 nitrogen and oxygen atoms in total. The Morgan fingerprint density at radius 1 is 1.31 bits per heavy atom. The van der Waals surface area contributed by atoms with Gasteiger partial charge in [-0.2, -0.15) is 0 Å². The van der Waals surface area contributed by atoms with E-state index in [4.69, 9.17) is 0 Å². The highest BCUT2D eigenvalue weighted by Crippen LogP contribution is 2.29. The number of nitrogens with one attached hydrogen (secondary N) is 2. The Kier molecular flexibility index (Phi) is 4.22. The average molecular weight is 224 g/mol. The van der Waals surface area contributed by atoms with Crippen molar-refractivity contribution in [3.63, 3.8) is 0 Å². The summed E-state index contributed by atoms with van der Waals surface area (Å²) < 4.78 is 0. The quantitative estimate of drug-likeness (QED) is 0.766. The first-order valence-corrected chi connectivity index (χ1v) is 6.77. The first kappa shape index (κ1) is 11.9. The Labute approximate surface area is 98.4 Å². The van der Waals surface area contributed by atoms with Crippen LogP contribution >= 0.6 is 0 Å². The summed E-state index contributed by atoms with van der Waals surface area (Å²) in [7, 11) is 0. The van der Waals surface area contributed by atoms with Crippen molar-refractivity contribution in [2.24, 2.45) is 11.8 Å². The minimum absolute atomic E-state index is 0.0765. The second-order valence-electron chi connectivity index (χ2n) is 5.53. The lowest BCUT2D eigenvalue weighted by atomic mass is 10.0. The van der Waals surface area contributed by atoms with E-state index in [0.717, 1.165) is 31.3 Å². The molecule has 16 heavy (non-hydrogen) atoms. The molecule has 0 aromatic rings. The van der Waals surface area contributed by atoms with Gasteiger partial charge in [-0.1, -0.05) is 19.8 Å². The van der Waals surface area contributed by atoms with E-state index in [-0.39, 0.29) is 11.9 Å². The summed E-state index contributed by atoms with van der Waals surface area (Å²) in [5, 5.41) is 6.40. The minimum Gasteiger partial charge on any atom is -0.354 e. The zero-order valence-electron chi connectivity index (χ0n) is 10.3. The highest BCUT2D eigenvalue weighted by Gasteiger charge is 2.24. The third-order valence-electron chi connectivity index (χ3n) is 4.00. The topological polar surface area (TPSA) is 41.1 Å². The SMILES string of the molecule is CC1CCC(CNC(=O)[C@@H]2CCCCN2)C1. The molecule has 1 amide bonds. The van der Waals surface area contributed by atoms with Gasteiger partial charge in [0.1, 0.15) is 0 Å². The van der Waals surface area contributed by atoms with Gasteiger partial charge in [-0.15, -0.1) is 0 Å². The largest absolute Gasteiger partial charge is 0.354 e. The molecule has 1 aliphatic heterocycles. The molecule has 0 aromatic carbocycles. The van der Waals surface area contributed by atoms with E-state index in [1.165, 1.54) is 32.1 Å². The van der Waals surface area contributed by atoms with Gasteiger partial charge in [-0.25, -0.2) is 0 Å². The average Bonchev–Trinajstić information content (AvgIpc) is 2.73. The maximum Gasteiger partial charge on any atom is 0.237 e. The lowest BCUT2D eigenvalue weighted by molar-refractivity contribution is -0.123. The molecule has 1 heterocycles. The number of carbonyl (C=O) groups is 1. The molecule has 0 spiro atoms. The van der Waals surface area contributed by atoms with Crippen LogP contribution < -0.4 is 10.6 Å². The zero-order chi connectivity index (χ0) is 11.4. The fourth-order valence-electron chi connectivity index (χ4n) is 2.95. The van der Waals surface area contributed by atoms with Crippen LogP contribution in [0.25, 0.3) is 0 Å². The summed E-state index contributed by atoms with van der Waals surface area (Å²) in [5.74, 6) is 1.80. The molecule has 0 aromatic heterocycles. The van der Waals surface area contributed by atoms with Gasteiger partial charge in [0, 0.05) is 6.54 Å². The summed E-state index contributed by atoms with van der Waals surface area (Å²) in [6, 6.07) is 0.0765. The number of carbonyl (C=O) groups excluding carboxylic acids is 1. The Morgan fingerprint density at radius 3 is 2.81 bits per heavy atom. The second-order valence-corrected chi connectivity index (χ2v) is 5.53. The standard InChI is InChI=1S/C13H24N2O/c1-10-5-6-11(8-10)9-15-13(16)12-4-2-3-7-14-12/h10-12,14H,2-9H2,1H3,(H,15,16)/t10?,11?,12-/m0/s1. The van der Waals surface area contributed by atoms with Gasteiger partial charge < -0.3 is 10.6 Å². The van der Waals surface area contributed by atoms with Gasteiger partial charge in [0.05, 0.1) is 6.04 Å². The minimum atomic E-state index is 0.0765. The maximum absolute atomic E-state index is 11.9. The third kappa shape index (κ3) is 3.21. The molecular weight excluding hydrogens is 200 g/mol. The summed E-state index contributed by atoms with van der Waals surface area (Å²) in [6.45, 7) is 4.20. The van der Waals surface area contributed by atoms with E-state index in [0.29, 0.717) is 0 Å². The van der Waals surface area contributed by atoms with Crippen LogP contribution in [0.4, 0.5) is 0 Å². The van der Waals surface area contributed by atoms with Gasteiger partial charge in [0.2, 0.25) is 5.91 Å². The fourth-order valence-corrected chi connectivity index (χ4v) is 2.95.